The summed E-state index contributed by atoms with van der Waals surface area (Å²) in [7, 11) is 1.84. The standard InChI is InChI=1S/C18H20FN3O3.C2HF3O2/c1-21-9-3-6-14(21)18(23)22-11-15(16-13(22)7-4-10-24-16)25-17-12(19)5-2-8-20-17;3-2(4,5)1(6)7/h2-3,5-6,8-9,13,15-16H,4,7,10-11H2,1H3;(H,6,7)/t13-,15-,16+;/m1./s1. The van der Waals surface area contributed by atoms with E-state index >= 15 is 0 Å². The highest BCUT2D eigenvalue weighted by molar-refractivity contribution is 5.93. The Kier molecular flexibility index (Phi) is 7.02. The number of pyridine rings is 1. The molecule has 2 aromatic rings. The van der Waals surface area contributed by atoms with Crippen LogP contribution in [0.3, 0.4) is 0 Å². The fraction of sp³-hybridized carbons (Fsp3) is 0.450. The van der Waals surface area contributed by atoms with Gasteiger partial charge in [-0.15, -0.1) is 0 Å². The van der Waals surface area contributed by atoms with Gasteiger partial charge in [-0.05, 0) is 37.1 Å². The van der Waals surface area contributed by atoms with Crippen LogP contribution in [0.25, 0.3) is 0 Å². The molecule has 0 unspecified atom stereocenters. The third-order valence-corrected chi connectivity index (χ3v) is 5.13. The molecule has 0 spiro atoms. The van der Waals surface area contributed by atoms with Gasteiger partial charge in [0, 0.05) is 26.0 Å². The number of ether oxygens (including phenoxy) is 2. The molecule has 2 aliphatic heterocycles. The molecule has 0 bridgehead atoms. The molecule has 4 rings (SSSR count). The van der Waals surface area contributed by atoms with Gasteiger partial charge < -0.3 is 24.0 Å². The summed E-state index contributed by atoms with van der Waals surface area (Å²) in [6.45, 7) is 0.979. The highest BCUT2D eigenvalue weighted by Gasteiger charge is 2.48. The van der Waals surface area contributed by atoms with Crippen LogP contribution in [0.1, 0.15) is 23.3 Å². The van der Waals surface area contributed by atoms with E-state index in [9.17, 15) is 22.4 Å². The Morgan fingerprint density at radius 2 is 2.00 bits per heavy atom. The topological polar surface area (TPSA) is 93.9 Å². The van der Waals surface area contributed by atoms with Crippen molar-refractivity contribution in [3.05, 3.63) is 48.2 Å². The maximum Gasteiger partial charge on any atom is 0.490 e. The lowest BCUT2D eigenvalue weighted by Crippen LogP contribution is -2.44. The summed E-state index contributed by atoms with van der Waals surface area (Å²) in [5.74, 6) is -3.37. The minimum absolute atomic E-state index is 0.0476. The van der Waals surface area contributed by atoms with Crippen molar-refractivity contribution in [1.29, 1.82) is 0 Å². The molecule has 0 radical (unpaired) electrons. The second-order valence-corrected chi connectivity index (χ2v) is 7.26. The van der Waals surface area contributed by atoms with Gasteiger partial charge in [-0.2, -0.15) is 13.2 Å². The number of aryl methyl sites for hydroxylation is 1. The number of carboxylic acids is 1. The van der Waals surface area contributed by atoms with Crippen molar-refractivity contribution in [2.45, 2.75) is 37.3 Å². The second kappa shape index (κ2) is 9.55. The number of carboxylic acid groups (broad SMARTS) is 1. The van der Waals surface area contributed by atoms with E-state index in [4.69, 9.17) is 19.4 Å². The lowest BCUT2D eigenvalue weighted by Gasteiger charge is -2.32. The fourth-order valence-electron chi connectivity index (χ4n) is 3.68. The highest BCUT2D eigenvalue weighted by Crippen LogP contribution is 2.32. The van der Waals surface area contributed by atoms with Crippen LogP contribution in [0.4, 0.5) is 17.6 Å². The van der Waals surface area contributed by atoms with Gasteiger partial charge in [-0.3, -0.25) is 4.79 Å². The van der Waals surface area contributed by atoms with Crippen LogP contribution in [-0.4, -0.2) is 69.0 Å². The summed E-state index contributed by atoms with van der Waals surface area (Å²) in [6.07, 6.45) is -0.707. The van der Waals surface area contributed by atoms with Crippen molar-refractivity contribution >= 4 is 11.9 Å². The lowest BCUT2D eigenvalue weighted by atomic mass is 10.0. The highest BCUT2D eigenvalue weighted by atomic mass is 19.4. The van der Waals surface area contributed by atoms with Crippen LogP contribution in [0.2, 0.25) is 0 Å². The van der Waals surface area contributed by atoms with Crippen molar-refractivity contribution in [2.24, 2.45) is 7.05 Å². The van der Waals surface area contributed by atoms with Gasteiger partial charge in [0.05, 0.1) is 12.6 Å². The Labute approximate surface area is 180 Å². The number of carbonyl (C=O) groups excluding carboxylic acids is 1. The predicted molar refractivity (Wildman–Crippen MR) is 102 cm³/mol. The molecule has 2 aliphatic rings. The van der Waals surface area contributed by atoms with Crippen LogP contribution in [0.5, 0.6) is 5.88 Å². The summed E-state index contributed by atoms with van der Waals surface area (Å²) in [5, 5.41) is 7.12. The molecule has 174 valence electrons. The first kappa shape index (κ1) is 23.5. The van der Waals surface area contributed by atoms with Gasteiger partial charge >= 0.3 is 12.1 Å². The van der Waals surface area contributed by atoms with Crippen molar-refractivity contribution < 1.29 is 41.7 Å². The fourth-order valence-corrected chi connectivity index (χ4v) is 3.68. The number of halogens is 4. The molecule has 12 heteroatoms. The average Bonchev–Trinajstić information content (AvgIpc) is 3.33. The predicted octanol–water partition coefficient (Wildman–Crippen LogP) is 2.64. The first-order valence-electron chi connectivity index (χ1n) is 9.70. The summed E-state index contributed by atoms with van der Waals surface area (Å²) < 4.78 is 59.1. The summed E-state index contributed by atoms with van der Waals surface area (Å²) in [6, 6.07) is 6.40. The zero-order valence-corrected chi connectivity index (χ0v) is 17.0. The van der Waals surface area contributed by atoms with Crippen molar-refractivity contribution in [3.8, 4) is 5.88 Å². The number of rotatable bonds is 3. The van der Waals surface area contributed by atoms with Gasteiger partial charge in [-0.25, -0.2) is 14.2 Å². The number of likely N-dealkylation sites (tertiary alicyclic amines) is 1. The summed E-state index contributed by atoms with van der Waals surface area (Å²) >= 11 is 0. The molecule has 2 aromatic heterocycles. The Morgan fingerprint density at radius 1 is 1.28 bits per heavy atom. The summed E-state index contributed by atoms with van der Waals surface area (Å²) in [4.78, 5) is 27.6. The number of hydrogen-bond donors (Lipinski definition) is 1. The van der Waals surface area contributed by atoms with E-state index in [2.05, 4.69) is 4.98 Å². The Hall–Kier alpha value is -3.15. The number of hydrogen-bond acceptors (Lipinski definition) is 5. The molecule has 2 fully saturated rings. The van der Waals surface area contributed by atoms with E-state index in [0.29, 0.717) is 18.8 Å². The van der Waals surface area contributed by atoms with Gasteiger partial charge in [0.25, 0.3) is 11.8 Å². The average molecular weight is 459 g/mol. The molecule has 1 amide bonds. The van der Waals surface area contributed by atoms with Gasteiger partial charge in [0.15, 0.2) is 5.82 Å². The molecule has 32 heavy (non-hydrogen) atoms. The van der Waals surface area contributed by atoms with E-state index in [0.717, 1.165) is 12.8 Å². The van der Waals surface area contributed by atoms with Crippen LogP contribution < -0.4 is 4.74 Å². The minimum atomic E-state index is -5.08. The molecule has 1 N–H and O–H groups in total. The Bertz CT molecular complexity index is 965. The van der Waals surface area contributed by atoms with Gasteiger partial charge in [0.1, 0.15) is 17.9 Å². The first-order chi connectivity index (χ1) is 15.1. The Balaban J connectivity index is 0.000000360. The molecule has 0 aliphatic carbocycles. The van der Waals surface area contributed by atoms with Crippen LogP contribution in [0, 0.1) is 5.82 Å². The molecular weight excluding hydrogens is 438 g/mol. The quantitative estimate of drug-likeness (QED) is 0.710. The van der Waals surface area contributed by atoms with E-state index < -0.39 is 24.1 Å². The first-order valence-corrected chi connectivity index (χ1v) is 9.70. The SMILES string of the molecule is Cn1cccc1C(=O)N1C[C@@H](Oc2ncccc2F)[C@H]2OCCC[C@H]21.O=C(O)C(F)(F)F. The monoisotopic (exact) mass is 459 g/mol. The van der Waals surface area contributed by atoms with Gasteiger partial charge in [-0.1, -0.05) is 0 Å². The van der Waals surface area contributed by atoms with Crippen molar-refractivity contribution in [1.82, 2.24) is 14.5 Å². The van der Waals surface area contributed by atoms with Crippen molar-refractivity contribution in [2.75, 3.05) is 13.2 Å². The number of amides is 1. The zero-order valence-electron chi connectivity index (χ0n) is 17.0. The Morgan fingerprint density at radius 3 is 2.59 bits per heavy atom. The number of aromatic nitrogens is 2. The number of carbonyl (C=O) groups is 2. The maximum atomic E-state index is 13.9. The number of alkyl halides is 3. The summed E-state index contributed by atoms with van der Waals surface area (Å²) in [5.41, 5.74) is 0.619. The minimum Gasteiger partial charge on any atom is -0.475 e. The molecule has 0 aromatic carbocycles. The number of aliphatic carboxylic acids is 1. The molecule has 3 atom stereocenters. The normalized spacial score (nSPS) is 22.5. The van der Waals surface area contributed by atoms with E-state index in [-0.39, 0.29) is 23.9 Å². The zero-order chi connectivity index (χ0) is 23.5. The number of fused-ring (bicyclic) bond motifs is 1. The maximum absolute atomic E-state index is 13.9. The van der Waals surface area contributed by atoms with E-state index in [1.807, 2.05) is 19.3 Å². The van der Waals surface area contributed by atoms with E-state index in [1.165, 1.54) is 18.3 Å². The van der Waals surface area contributed by atoms with Crippen molar-refractivity contribution in [3.63, 3.8) is 0 Å². The molecular formula is C20H21F4N3O5. The van der Waals surface area contributed by atoms with E-state index in [1.54, 1.807) is 15.5 Å². The molecule has 8 nitrogen and oxygen atoms in total. The van der Waals surface area contributed by atoms with Crippen LogP contribution >= 0.6 is 0 Å². The third kappa shape index (κ3) is 5.18. The largest absolute Gasteiger partial charge is 0.490 e. The third-order valence-electron chi connectivity index (χ3n) is 5.13. The second-order valence-electron chi connectivity index (χ2n) is 7.26. The van der Waals surface area contributed by atoms with Gasteiger partial charge in [0.2, 0.25) is 0 Å². The van der Waals surface area contributed by atoms with Crippen LogP contribution in [0.15, 0.2) is 36.7 Å². The smallest absolute Gasteiger partial charge is 0.475 e. The number of nitrogens with zero attached hydrogens (tertiary/aromatic N) is 3. The molecule has 0 saturated carbocycles. The molecule has 2 saturated heterocycles. The van der Waals surface area contributed by atoms with Crippen LogP contribution in [-0.2, 0) is 16.6 Å². The molecule has 4 heterocycles. The lowest BCUT2D eigenvalue weighted by molar-refractivity contribution is -0.192.